The summed E-state index contributed by atoms with van der Waals surface area (Å²) >= 11 is 5.93. The quantitative estimate of drug-likeness (QED) is 0.428. The average Bonchev–Trinajstić information content (AvgIpc) is 2.84. The van der Waals surface area contributed by atoms with E-state index in [4.69, 9.17) is 16.3 Å². The Kier molecular flexibility index (Phi) is 6.01. The van der Waals surface area contributed by atoms with E-state index >= 15 is 0 Å². The molecule has 4 aromatic rings. The summed E-state index contributed by atoms with van der Waals surface area (Å²) in [6.07, 6.45) is 3.90. The second kappa shape index (κ2) is 9.24. The average molecular weight is 461 g/mol. The normalized spacial score (nSPS) is 14.5. The van der Waals surface area contributed by atoms with Crippen LogP contribution in [0.5, 0.6) is 5.75 Å². The molecule has 2 aromatic carbocycles. The number of aromatic amines is 1. The molecule has 0 atom stereocenters. The van der Waals surface area contributed by atoms with Gasteiger partial charge in [0, 0.05) is 24.3 Å². The Labute approximate surface area is 197 Å². The van der Waals surface area contributed by atoms with Gasteiger partial charge in [-0.05, 0) is 65.8 Å². The van der Waals surface area contributed by atoms with Gasteiger partial charge >= 0.3 is 0 Å². The molecule has 1 saturated heterocycles. The summed E-state index contributed by atoms with van der Waals surface area (Å²) < 4.78 is 5.88. The lowest BCUT2D eigenvalue weighted by Gasteiger charge is -2.30. The van der Waals surface area contributed by atoms with Crippen LogP contribution in [0.1, 0.15) is 25.3 Å². The van der Waals surface area contributed by atoms with Crippen molar-refractivity contribution in [3.63, 3.8) is 0 Å². The number of anilines is 1. The molecule has 1 aliphatic heterocycles. The first-order valence-electron chi connectivity index (χ1n) is 11.2. The first-order chi connectivity index (χ1) is 16.1. The fraction of sp³-hybridized carbons (Fsp3) is 0.269. The van der Waals surface area contributed by atoms with Crippen molar-refractivity contribution < 1.29 is 4.74 Å². The number of benzene rings is 2. The summed E-state index contributed by atoms with van der Waals surface area (Å²) in [5, 5.41) is 1.20. The van der Waals surface area contributed by atoms with Crippen molar-refractivity contribution in [1.29, 1.82) is 0 Å². The van der Waals surface area contributed by atoms with Gasteiger partial charge in [-0.15, -0.1) is 0 Å². The van der Waals surface area contributed by atoms with Gasteiger partial charge in [-0.2, -0.15) is 4.98 Å². The maximum Gasteiger partial charge on any atom is 0.262 e. The molecule has 0 spiro atoms. The molecule has 2 aromatic heterocycles. The molecule has 3 heterocycles. The highest BCUT2D eigenvalue weighted by molar-refractivity contribution is 6.30. The van der Waals surface area contributed by atoms with E-state index in [0.717, 1.165) is 48.4 Å². The van der Waals surface area contributed by atoms with Crippen LogP contribution >= 0.6 is 11.6 Å². The zero-order chi connectivity index (χ0) is 22.8. The van der Waals surface area contributed by atoms with Crippen molar-refractivity contribution in [2.45, 2.75) is 26.4 Å². The SMILES string of the molecule is CC1CCN(c2nc3nccc(-c4ccc(OCc5ccc(Cl)cc5)cc4)c3c(=O)[nH]2)CC1. The number of ether oxygens (including phenoxy) is 1. The summed E-state index contributed by atoms with van der Waals surface area (Å²) in [5.41, 5.74) is 3.05. The highest BCUT2D eigenvalue weighted by Crippen LogP contribution is 2.28. The third-order valence-electron chi connectivity index (χ3n) is 6.16. The van der Waals surface area contributed by atoms with Crippen molar-refractivity contribution in [2.24, 2.45) is 5.92 Å². The van der Waals surface area contributed by atoms with Crippen LogP contribution < -0.4 is 15.2 Å². The molecule has 33 heavy (non-hydrogen) atoms. The topological polar surface area (TPSA) is 71.1 Å². The number of aromatic nitrogens is 3. The third kappa shape index (κ3) is 4.71. The van der Waals surface area contributed by atoms with Crippen LogP contribution in [0, 0.1) is 5.92 Å². The molecule has 1 aliphatic rings. The predicted octanol–water partition coefficient (Wildman–Crippen LogP) is 5.45. The number of H-pyrrole nitrogens is 1. The minimum Gasteiger partial charge on any atom is -0.489 e. The minimum absolute atomic E-state index is 0.167. The van der Waals surface area contributed by atoms with Crippen molar-refractivity contribution in [3.8, 4) is 16.9 Å². The van der Waals surface area contributed by atoms with Gasteiger partial charge in [-0.3, -0.25) is 9.78 Å². The number of hydrogen-bond donors (Lipinski definition) is 1. The lowest BCUT2D eigenvalue weighted by atomic mass is 10.00. The summed E-state index contributed by atoms with van der Waals surface area (Å²) in [5.74, 6) is 2.06. The van der Waals surface area contributed by atoms with Crippen molar-refractivity contribution >= 4 is 28.6 Å². The molecule has 168 valence electrons. The van der Waals surface area contributed by atoms with Gasteiger partial charge in [0.15, 0.2) is 5.65 Å². The number of pyridine rings is 1. The molecule has 1 fully saturated rings. The Hall–Kier alpha value is -3.38. The number of nitrogens with zero attached hydrogens (tertiary/aromatic N) is 3. The van der Waals surface area contributed by atoms with E-state index in [9.17, 15) is 4.79 Å². The van der Waals surface area contributed by atoms with Crippen LogP contribution in [0.3, 0.4) is 0 Å². The van der Waals surface area contributed by atoms with E-state index in [-0.39, 0.29) is 5.56 Å². The Balaban J connectivity index is 1.39. The number of rotatable bonds is 5. The maximum absolute atomic E-state index is 13.1. The molecular formula is C26H25ClN4O2. The second-order valence-electron chi connectivity index (χ2n) is 8.56. The fourth-order valence-electron chi connectivity index (χ4n) is 4.14. The number of hydrogen-bond acceptors (Lipinski definition) is 5. The van der Waals surface area contributed by atoms with Crippen molar-refractivity contribution in [3.05, 3.63) is 81.7 Å². The maximum atomic E-state index is 13.1. The number of fused-ring (bicyclic) bond motifs is 1. The largest absolute Gasteiger partial charge is 0.489 e. The Morgan fingerprint density at radius 3 is 2.52 bits per heavy atom. The van der Waals surface area contributed by atoms with Crippen molar-refractivity contribution in [2.75, 3.05) is 18.0 Å². The zero-order valence-corrected chi connectivity index (χ0v) is 19.2. The monoisotopic (exact) mass is 460 g/mol. The summed E-state index contributed by atoms with van der Waals surface area (Å²) in [4.78, 5) is 27.3. The molecule has 0 bridgehead atoms. The number of nitrogens with one attached hydrogen (secondary N) is 1. The lowest BCUT2D eigenvalue weighted by Crippen LogP contribution is -2.35. The fourth-order valence-corrected chi connectivity index (χ4v) is 4.27. The summed E-state index contributed by atoms with van der Waals surface area (Å²) in [6.45, 7) is 4.51. The van der Waals surface area contributed by atoms with Gasteiger partial charge in [-0.1, -0.05) is 42.8 Å². The van der Waals surface area contributed by atoms with Gasteiger partial charge in [0.2, 0.25) is 5.95 Å². The van der Waals surface area contributed by atoms with E-state index < -0.39 is 0 Å². The lowest BCUT2D eigenvalue weighted by molar-refractivity contribution is 0.306. The molecular weight excluding hydrogens is 436 g/mol. The molecule has 7 heteroatoms. The molecule has 0 amide bonds. The molecule has 0 unspecified atom stereocenters. The molecule has 6 nitrogen and oxygen atoms in total. The van der Waals surface area contributed by atoms with E-state index in [2.05, 4.69) is 26.8 Å². The van der Waals surface area contributed by atoms with Gasteiger partial charge in [-0.25, -0.2) is 4.98 Å². The summed E-state index contributed by atoms with van der Waals surface area (Å²) in [6, 6.07) is 17.1. The Bertz CT molecular complexity index is 1310. The number of halogens is 1. The molecule has 5 rings (SSSR count). The van der Waals surface area contributed by atoms with E-state index in [1.807, 2.05) is 54.6 Å². The van der Waals surface area contributed by atoms with E-state index in [1.165, 1.54) is 0 Å². The van der Waals surface area contributed by atoms with E-state index in [1.54, 1.807) is 6.20 Å². The summed E-state index contributed by atoms with van der Waals surface area (Å²) in [7, 11) is 0. The molecule has 0 aliphatic carbocycles. The van der Waals surface area contributed by atoms with Crippen LogP contribution in [0.2, 0.25) is 5.02 Å². The first-order valence-corrected chi connectivity index (χ1v) is 11.6. The van der Waals surface area contributed by atoms with Crippen LogP contribution in [-0.4, -0.2) is 28.0 Å². The van der Waals surface area contributed by atoms with Crippen molar-refractivity contribution in [1.82, 2.24) is 15.0 Å². The zero-order valence-electron chi connectivity index (χ0n) is 18.4. The van der Waals surface area contributed by atoms with Gasteiger partial charge in [0.1, 0.15) is 12.4 Å². The van der Waals surface area contributed by atoms with Crippen LogP contribution in [-0.2, 0) is 6.61 Å². The number of piperidine rings is 1. The van der Waals surface area contributed by atoms with E-state index in [0.29, 0.717) is 34.5 Å². The standard InChI is InChI=1S/C26H25ClN4O2/c1-17-11-14-31(15-12-17)26-29-24-23(25(32)30-26)22(10-13-28-24)19-4-8-21(9-5-19)33-16-18-2-6-20(27)7-3-18/h2-10,13,17H,11-12,14-16H2,1H3,(H,28,29,30,32). The Morgan fingerprint density at radius 2 is 1.79 bits per heavy atom. The first kappa shape index (κ1) is 21.5. The predicted molar refractivity (Wildman–Crippen MR) is 132 cm³/mol. The molecule has 0 saturated carbocycles. The third-order valence-corrected chi connectivity index (χ3v) is 6.41. The van der Waals surface area contributed by atoms with Crippen LogP contribution in [0.25, 0.3) is 22.2 Å². The minimum atomic E-state index is -0.167. The molecule has 1 N–H and O–H groups in total. The highest BCUT2D eigenvalue weighted by atomic mass is 35.5. The van der Waals surface area contributed by atoms with Gasteiger partial charge < -0.3 is 9.64 Å². The molecule has 0 radical (unpaired) electrons. The smallest absolute Gasteiger partial charge is 0.262 e. The van der Waals surface area contributed by atoms with Crippen LogP contribution in [0.15, 0.2) is 65.6 Å². The Morgan fingerprint density at radius 1 is 1.06 bits per heavy atom. The highest BCUT2D eigenvalue weighted by Gasteiger charge is 2.19. The second-order valence-corrected chi connectivity index (χ2v) is 8.99. The van der Waals surface area contributed by atoms with Gasteiger partial charge in [0.25, 0.3) is 5.56 Å². The van der Waals surface area contributed by atoms with Gasteiger partial charge in [0.05, 0.1) is 5.39 Å². The van der Waals surface area contributed by atoms with Crippen LogP contribution in [0.4, 0.5) is 5.95 Å².